The van der Waals surface area contributed by atoms with E-state index >= 15 is 0 Å². The first kappa shape index (κ1) is 21.8. The van der Waals surface area contributed by atoms with Gasteiger partial charge >= 0.3 is 0 Å². The van der Waals surface area contributed by atoms with Gasteiger partial charge in [0, 0.05) is 43.2 Å². The molecule has 0 spiro atoms. The third-order valence-corrected chi connectivity index (χ3v) is 6.03. The minimum atomic E-state index is -1.53. The number of piperidine rings is 1. The van der Waals surface area contributed by atoms with Crippen LogP contribution in [0.25, 0.3) is 15.6 Å². The Balaban J connectivity index is 1.63. The van der Waals surface area contributed by atoms with Gasteiger partial charge in [0.1, 0.15) is 11.4 Å². The average Bonchev–Trinajstić information content (AvgIpc) is 2.83. The van der Waals surface area contributed by atoms with E-state index in [9.17, 15) is 9.50 Å². The van der Waals surface area contributed by atoms with Gasteiger partial charge in [0.2, 0.25) is 0 Å². The van der Waals surface area contributed by atoms with Crippen LogP contribution < -0.4 is 15.0 Å². The number of ether oxygens (including phenoxy) is 1. The molecule has 4 rings (SSSR count). The monoisotopic (exact) mass is 435 g/mol. The molecule has 0 bridgehead atoms. The zero-order chi connectivity index (χ0) is 22.7. The summed E-state index contributed by atoms with van der Waals surface area (Å²) in [5.41, 5.74) is 1.10. The number of alkyl halides is 1. The van der Waals surface area contributed by atoms with Crippen LogP contribution in [0, 0.1) is 13.5 Å². The second-order valence-electron chi connectivity index (χ2n) is 8.17. The fourth-order valence-electron chi connectivity index (χ4n) is 4.08. The van der Waals surface area contributed by atoms with Crippen molar-refractivity contribution in [3.8, 4) is 5.75 Å². The molecular weight excluding hydrogens is 409 g/mol. The number of nitrogens with zero attached hydrogens (tertiary/aromatic N) is 4. The van der Waals surface area contributed by atoms with Crippen LogP contribution in [0.3, 0.4) is 0 Å². The zero-order valence-electron chi connectivity index (χ0n) is 18.2. The minimum Gasteiger partial charge on any atom is -0.496 e. The Morgan fingerprint density at radius 2 is 1.97 bits per heavy atom. The fourth-order valence-corrected chi connectivity index (χ4v) is 4.08. The lowest BCUT2D eigenvalue weighted by Gasteiger charge is -2.36. The molecule has 3 aromatic rings. The van der Waals surface area contributed by atoms with Crippen LogP contribution in [0.4, 0.5) is 21.7 Å². The highest BCUT2D eigenvalue weighted by molar-refractivity contribution is 6.00. The molecule has 1 aromatic heterocycles. The van der Waals surface area contributed by atoms with Crippen molar-refractivity contribution < 1.29 is 14.2 Å². The number of fused-ring (bicyclic) bond motifs is 1. The lowest BCUT2D eigenvalue weighted by atomic mass is 9.94. The minimum absolute atomic E-state index is 0.240. The van der Waals surface area contributed by atoms with Crippen LogP contribution in [0.15, 0.2) is 36.4 Å². The Hall–Kier alpha value is -3.44. The van der Waals surface area contributed by atoms with Gasteiger partial charge in [0.25, 0.3) is 0 Å². The molecular formula is C24H26FN5O2. The lowest BCUT2D eigenvalue weighted by Crippen LogP contribution is -2.44. The molecule has 1 aliphatic rings. The second-order valence-corrected chi connectivity index (χ2v) is 8.17. The number of aryl methyl sites for hydroxylation is 1. The SMILES string of the molecule is [C-]#[N+]c1ccc2c(N3CCC(F)(CO)CC3)nnc(NCc3ccc(OC)c(C)c3)c2c1. The van der Waals surface area contributed by atoms with Gasteiger partial charge in [-0.1, -0.05) is 24.3 Å². The molecule has 8 heteroatoms. The highest BCUT2D eigenvalue weighted by atomic mass is 19.1. The fraction of sp³-hybridized carbons (Fsp3) is 0.375. The number of rotatable bonds is 6. The number of hydrogen-bond donors (Lipinski definition) is 2. The summed E-state index contributed by atoms with van der Waals surface area (Å²) in [5.74, 6) is 2.10. The maximum atomic E-state index is 14.4. The number of methoxy groups -OCH3 is 1. The van der Waals surface area contributed by atoms with Gasteiger partial charge in [0.15, 0.2) is 17.3 Å². The predicted molar refractivity (Wildman–Crippen MR) is 123 cm³/mol. The van der Waals surface area contributed by atoms with Gasteiger partial charge in [-0.05, 0) is 30.2 Å². The molecule has 2 aromatic carbocycles. The van der Waals surface area contributed by atoms with Crippen LogP contribution in [-0.4, -0.2) is 47.8 Å². The molecule has 0 radical (unpaired) electrons. The van der Waals surface area contributed by atoms with Crippen LogP contribution in [0.2, 0.25) is 0 Å². The van der Waals surface area contributed by atoms with Gasteiger partial charge in [-0.2, -0.15) is 0 Å². The molecule has 1 saturated heterocycles. The number of anilines is 2. The number of hydrogen-bond acceptors (Lipinski definition) is 6. The Kier molecular flexibility index (Phi) is 6.10. The van der Waals surface area contributed by atoms with E-state index in [0.29, 0.717) is 37.0 Å². The maximum Gasteiger partial charge on any atom is 0.188 e. The van der Waals surface area contributed by atoms with E-state index in [1.807, 2.05) is 30.0 Å². The van der Waals surface area contributed by atoms with E-state index in [1.165, 1.54) is 0 Å². The molecule has 0 atom stereocenters. The average molecular weight is 436 g/mol. The van der Waals surface area contributed by atoms with E-state index in [1.54, 1.807) is 19.2 Å². The van der Waals surface area contributed by atoms with Crippen molar-refractivity contribution >= 4 is 28.1 Å². The third-order valence-electron chi connectivity index (χ3n) is 6.03. The van der Waals surface area contributed by atoms with Crippen LogP contribution in [0.5, 0.6) is 5.75 Å². The van der Waals surface area contributed by atoms with Crippen molar-refractivity contribution in [2.24, 2.45) is 0 Å². The molecule has 32 heavy (non-hydrogen) atoms. The molecule has 7 nitrogen and oxygen atoms in total. The van der Waals surface area contributed by atoms with Gasteiger partial charge in [-0.3, -0.25) is 0 Å². The first-order valence-corrected chi connectivity index (χ1v) is 10.6. The number of aromatic nitrogens is 2. The lowest BCUT2D eigenvalue weighted by molar-refractivity contribution is 0.0480. The standard InChI is InChI=1S/C24H26FN5O2/c1-16-12-17(4-7-21(16)32-3)14-27-22-20-13-18(26-2)5-6-19(20)23(29-28-22)30-10-8-24(25,15-31)9-11-30/h4-7,12-13,31H,8-11,14-15H2,1,3H3,(H,27,28). The number of halogens is 1. The Bertz CT molecular complexity index is 1170. The summed E-state index contributed by atoms with van der Waals surface area (Å²) >= 11 is 0. The van der Waals surface area contributed by atoms with Crippen LogP contribution >= 0.6 is 0 Å². The molecule has 0 unspecified atom stereocenters. The summed E-state index contributed by atoms with van der Waals surface area (Å²) in [7, 11) is 1.65. The smallest absolute Gasteiger partial charge is 0.188 e. The van der Waals surface area contributed by atoms with E-state index in [-0.39, 0.29) is 12.8 Å². The number of aliphatic hydroxyl groups excluding tert-OH is 1. The summed E-state index contributed by atoms with van der Waals surface area (Å²) < 4.78 is 19.8. The van der Waals surface area contributed by atoms with Gasteiger partial charge in [0.05, 0.1) is 20.3 Å². The Labute approximate surface area is 186 Å². The van der Waals surface area contributed by atoms with Crippen molar-refractivity contribution in [2.45, 2.75) is 32.0 Å². The van der Waals surface area contributed by atoms with Crippen molar-refractivity contribution in [1.29, 1.82) is 0 Å². The largest absolute Gasteiger partial charge is 0.496 e. The van der Waals surface area contributed by atoms with Gasteiger partial charge in [-0.25, -0.2) is 9.24 Å². The normalized spacial score (nSPS) is 15.4. The van der Waals surface area contributed by atoms with Crippen molar-refractivity contribution in [1.82, 2.24) is 10.2 Å². The summed E-state index contributed by atoms with van der Waals surface area (Å²) in [6, 6.07) is 11.4. The molecule has 1 aliphatic heterocycles. The Morgan fingerprint density at radius 3 is 2.62 bits per heavy atom. The molecule has 1 fully saturated rings. The highest BCUT2D eigenvalue weighted by Gasteiger charge is 2.34. The first-order chi connectivity index (χ1) is 15.5. The predicted octanol–water partition coefficient (Wildman–Crippen LogP) is 4.41. The summed E-state index contributed by atoms with van der Waals surface area (Å²) in [4.78, 5) is 5.55. The molecule has 166 valence electrons. The highest BCUT2D eigenvalue weighted by Crippen LogP contribution is 2.35. The molecule has 2 heterocycles. The zero-order valence-corrected chi connectivity index (χ0v) is 18.2. The maximum absolute atomic E-state index is 14.4. The van der Waals surface area contributed by atoms with Crippen molar-refractivity contribution in [2.75, 3.05) is 37.0 Å². The van der Waals surface area contributed by atoms with E-state index in [0.717, 1.165) is 27.6 Å². The van der Waals surface area contributed by atoms with Crippen molar-refractivity contribution in [3.63, 3.8) is 0 Å². The number of benzene rings is 2. The molecule has 0 aliphatic carbocycles. The van der Waals surface area contributed by atoms with Crippen LogP contribution in [0.1, 0.15) is 24.0 Å². The van der Waals surface area contributed by atoms with Crippen LogP contribution in [-0.2, 0) is 6.54 Å². The Morgan fingerprint density at radius 1 is 1.19 bits per heavy atom. The first-order valence-electron chi connectivity index (χ1n) is 10.6. The molecule has 2 N–H and O–H groups in total. The number of aliphatic hydroxyl groups is 1. The van der Waals surface area contributed by atoms with Crippen molar-refractivity contribution in [3.05, 3.63) is 58.9 Å². The summed E-state index contributed by atoms with van der Waals surface area (Å²) in [5, 5.41) is 23.2. The van der Waals surface area contributed by atoms with Gasteiger partial charge < -0.3 is 20.1 Å². The third kappa shape index (κ3) is 4.30. The van der Waals surface area contributed by atoms with Gasteiger partial charge in [-0.15, -0.1) is 10.2 Å². The van der Waals surface area contributed by atoms with E-state index in [2.05, 4.69) is 26.4 Å². The number of nitrogens with one attached hydrogen (secondary N) is 1. The molecule has 0 amide bonds. The summed E-state index contributed by atoms with van der Waals surface area (Å²) in [6.07, 6.45) is 0.479. The summed E-state index contributed by atoms with van der Waals surface area (Å²) in [6.45, 7) is 10.4. The molecule has 0 saturated carbocycles. The van der Waals surface area contributed by atoms with E-state index in [4.69, 9.17) is 11.3 Å². The van der Waals surface area contributed by atoms with E-state index < -0.39 is 12.3 Å². The second kappa shape index (κ2) is 8.97. The quantitative estimate of drug-likeness (QED) is 0.559. The topological polar surface area (TPSA) is 74.9 Å².